The summed E-state index contributed by atoms with van der Waals surface area (Å²) in [7, 11) is 0. The topological polar surface area (TPSA) is 64.9 Å². The fourth-order valence-corrected chi connectivity index (χ4v) is 1.15. The third kappa shape index (κ3) is 2.64. The highest BCUT2D eigenvalue weighted by Gasteiger charge is 2.03. The number of carbonyl (C=O) groups is 1. The van der Waals surface area contributed by atoms with Gasteiger partial charge in [0.1, 0.15) is 0 Å². The van der Waals surface area contributed by atoms with Crippen LogP contribution in [0.15, 0.2) is 18.2 Å². The third-order valence-electron chi connectivity index (χ3n) is 1.48. The maximum atomic E-state index is 10.8. The van der Waals surface area contributed by atoms with Crippen molar-refractivity contribution in [3.63, 3.8) is 0 Å². The SMILES string of the molecule is CC(=O)Nc1cc(Cl)ccc1NC#N. The van der Waals surface area contributed by atoms with Gasteiger partial charge < -0.3 is 5.32 Å². The van der Waals surface area contributed by atoms with E-state index in [1.54, 1.807) is 24.4 Å². The van der Waals surface area contributed by atoms with Gasteiger partial charge in [-0.1, -0.05) is 11.6 Å². The lowest BCUT2D eigenvalue weighted by molar-refractivity contribution is -0.114. The fourth-order valence-electron chi connectivity index (χ4n) is 0.979. The fraction of sp³-hybridized carbons (Fsp3) is 0.111. The summed E-state index contributed by atoms with van der Waals surface area (Å²) in [6.07, 6.45) is 1.77. The van der Waals surface area contributed by atoms with Gasteiger partial charge in [0.05, 0.1) is 11.4 Å². The zero-order chi connectivity index (χ0) is 10.6. The molecule has 0 aliphatic heterocycles. The minimum absolute atomic E-state index is 0.215. The summed E-state index contributed by atoms with van der Waals surface area (Å²) in [5.41, 5.74) is 1.01. The summed E-state index contributed by atoms with van der Waals surface area (Å²) < 4.78 is 0. The maximum Gasteiger partial charge on any atom is 0.221 e. The average molecular weight is 210 g/mol. The molecule has 2 N–H and O–H groups in total. The number of nitriles is 1. The molecule has 0 bridgehead atoms. The van der Waals surface area contributed by atoms with Crippen LogP contribution in [-0.4, -0.2) is 5.91 Å². The van der Waals surface area contributed by atoms with Crippen molar-refractivity contribution in [2.45, 2.75) is 6.92 Å². The molecule has 0 fully saturated rings. The Labute approximate surface area is 86.5 Å². The van der Waals surface area contributed by atoms with Crippen molar-refractivity contribution in [3.8, 4) is 6.19 Å². The lowest BCUT2D eigenvalue weighted by Gasteiger charge is -2.07. The van der Waals surface area contributed by atoms with E-state index < -0.39 is 0 Å². The van der Waals surface area contributed by atoms with E-state index in [-0.39, 0.29) is 5.91 Å². The van der Waals surface area contributed by atoms with E-state index in [4.69, 9.17) is 16.9 Å². The molecule has 5 heteroatoms. The second-order valence-electron chi connectivity index (χ2n) is 2.61. The number of nitrogens with one attached hydrogen (secondary N) is 2. The van der Waals surface area contributed by atoms with Gasteiger partial charge in [0.15, 0.2) is 6.19 Å². The molecule has 1 amide bonds. The molecule has 1 rings (SSSR count). The monoisotopic (exact) mass is 209 g/mol. The number of nitrogens with zero attached hydrogens (tertiary/aromatic N) is 1. The van der Waals surface area contributed by atoms with Gasteiger partial charge in [-0.3, -0.25) is 10.1 Å². The van der Waals surface area contributed by atoms with Crippen LogP contribution in [0, 0.1) is 11.5 Å². The molecule has 4 nitrogen and oxygen atoms in total. The predicted octanol–water partition coefficient (Wildman–Crippen LogP) is 2.19. The Morgan fingerprint density at radius 3 is 2.79 bits per heavy atom. The molecule has 0 heterocycles. The van der Waals surface area contributed by atoms with E-state index >= 15 is 0 Å². The molecule has 0 aliphatic carbocycles. The van der Waals surface area contributed by atoms with Gasteiger partial charge in [-0.2, -0.15) is 5.26 Å². The molecule has 1 aromatic carbocycles. The van der Waals surface area contributed by atoms with E-state index in [0.29, 0.717) is 16.4 Å². The Morgan fingerprint density at radius 2 is 2.21 bits per heavy atom. The maximum absolute atomic E-state index is 10.8. The highest BCUT2D eigenvalue weighted by atomic mass is 35.5. The van der Waals surface area contributed by atoms with Crippen molar-refractivity contribution in [1.29, 1.82) is 5.26 Å². The van der Waals surface area contributed by atoms with Crippen LogP contribution < -0.4 is 10.6 Å². The first kappa shape index (κ1) is 10.4. The Kier molecular flexibility index (Phi) is 3.32. The molecular formula is C9H8ClN3O. The highest BCUT2D eigenvalue weighted by molar-refractivity contribution is 6.31. The average Bonchev–Trinajstić information content (AvgIpc) is 2.09. The Morgan fingerprint density at radius 1 is 1.50 bits per heavy atom. The number of hydrogen-bond acceptors (Lipinski definition) is 3. The highest BCUT2D eigenvalue weighted by Crippen LogP contribution is 2.25. The van der Waals surface area contributed by atoms with Gasteiger partial charge in [-0.05, 0) is 18.2 Å². The largest absolute Gasteiger partial charge is 0.324 e. The Bertz CT molecular complexity index is 398. The number of rotatable bonds is 2. The first-order valence-corrected chi connectivity index (χ1v) is 4.23. The van der Waals surface area contributed by atoms with Crippen molar-refractivity contribution in [2.75, 3.05) is 10.6 Å². The zero-order valence-corrected chi connectivity index (χ0v) is 8.22. The standard InChI is InChI=1S/C9H8ClN3O/c1-6(14)13-9-4-7(10)2-3-8(9)12-5-11/h2-4,12H,1H3,(H,13,14). The second kappa shape index (κ2) is 4.49. The van der Waals surface area contributed by atoms with Crippen molar-refractivity contribution < 1.29 is 4.79 Å². The van der Waals surface area contributed by atoms with Crippen molar-refractivity contribution >= 4 is 28.9 Å². The van der Waals surface area contributed by atoms with Crippen LogP contribution in [0.1, 0.15) is 6.92 Å². The number of benzene rings is 1. The lowest BCUT2D eigenvalue weighted by atomic mass is 10.2. The van der Waals surface area contributed by atoms with E-state index in [1.165, 1.54) is 6.92 Å². The first-order chi connectivity index (χ1) is 6.63. The predicted molar refractivity (Wildman–Crippen MR) is 55.0 cm³/mol. The minimum atomic E-state index is -0.215. The molecule has 14 heavy (non-hydrogen) atoms. The van der Waals surface area contributed by atoms with Gasteiger partial charge in [0, 0.05) is 11.9 Å². The number of amides is 1. The number of halogens is 1. The van der Waals surface area contributed by atoms with Crippen LogP contribution in [0.3, 0.4) is 0 Å². The molecule has 0 aromatic heterocycles. The summed E-state index contributed by atoms with van der Waals surface area (Å²) in [6.45, 7) is 1.39. The minimum Gasteiger partial charge on any atom is -0.324 e. The molecule has 0 saturated heterocycles. The van der Waals surface area contributed by atoms with Crippen LogP contribution in [0.25, 0.3) is 0 Å². The lowest BCUT2D eigenvalue weighted by Crippen LogP contribution is -2.07. The van der Waals surface area contributed by atoms with Crippen LogP contribution in [0.2, 0.25) is 5.02 Å². The van der Waals surface area contributed by atoms with Crippen molar-refractivity contribution in [3.05, 3.63) is 23.2 Å². The Hall–Kier alpha value is -1.73. The van der Waals surface area contributed by atoms with Gasteiger partial charge in [0.25, 0.3) is 0 Å². The van der Waals surface area contributed by atoms with Gasteiger partial charge in [0.2, 0.25) is 5.91 Å². The van der Waals surface area contributed by atoms with E-state index in [0.717, 1.165) is 0 Å². The molecule has 1 aromatic rings. The number of hydrogen-bond donors (Lipinski definition) is 2. The number of carbonyl (C=O) groups excluding carboxylic acids is 1. The molecule has 0 aliphatic rings. The van der Waals surface area contributed by atoms with Gasteiger partial charge >= 0.3 is 0 Å². The van der Waals surface area contributed by atoms with E-state index in [2.05, 4.69) is 10.6 Å². The van der Waals surface area contributed by atoms with Crippen molar-refractivity contribution in [2.24, 2.45) is 0 Å². The second-order valence-corrected chi connectivity index (χ2v) is 3.04. The van der Waals surface area contributed by atoms with Crippen LogP contribution in [0.5, 0.6) is 0 Å². The zero-order valence-electron chi connectivity index (χ0n) is 7.47. The molecular weight excluding hydrogens is 202 g/mol. The van der Waals surface area contributed by atoms with Crippen LogP contribution in [0.4, 0.5) is 11.4 Å². The molecule has 0 saturated carbocycles. The summed E-state index contributed by atoms with van der Waals surface area (Å²) >= 11 is 5.74. The quantitative estimate of drug-likeness (QED) is 0.580. The Balaban J connectivity index is 3.03. The van der Waals surface area contributed by atoms with Gasteiger partial charge in [-0.25, -0.2) is 0 Å². The first-order valence-electron chi connectivity index (χ1n) is 3.85. The van der Waals surface area contributed by atoms with E-state index in [9.17, 15) is 4.79 Å². The van der Waals surface area contributed by atoms with Crippen LogP contribution in [-0.2, 0) is 4.79 Å². The summed E-state index contributed by atoms with van der Waals surface area (Å²) in [5, 5.41) is 13.9. The molecule has 0 atom stereocenters. The van der Waals surface area contributed by atoms with E-state index in [1.807, 2.05) is 0 Å². The summed E-state index contributed by atoms with van der Waals surface area (Å²) in [5.74, 6) is -0.215. The molecule has 0 radical (unpaired) electrons. The number of anilines is 2. The smallest absolute Gasteiger partial charge is 0.221 e. The molecule has 0 spiro atoms. The molecule has 0 unspecified atom stereocenters. The van der Waals surface area contributed by atoms with Gasteiger partial charge in [-0.15, -0.1) is 0 Å². The van der Waals surface area contributed by atoms with Crippen LogP contribution >= 0.6 is 11.6 Å². The summed E-state index contributed by atoms with van der Waals surface area (Å²) in [6, 6.07) is 4.83. The third-order valence-corrected chi connectivity index (χ3v) is 1.72. The normalized spacial score (nSPS) is 8.93. The van der Waals surface area contributed by atoms with Crippen molar-refractivity contribution in [1.82, 2.24) is 0 Å². The summed E-state index contributed by atoms with van der Waals surface area (Å²) in [4.78, 5) is 10.8. The molecule has 72 valence electrons.